The molecule has 2 aromatic rings. The number of aromatic nitrogens is 2. The van der Waals surface area contributed by atoms with Crippen molar-refractivity contribution in [2.24, 2.45) is 0 Å². The minimum Gasteiger partial charge on any atom is -0.376 e. The molecule has 5 heterocycles. The third kappa shape index (κ3) is 3.91. The standard InChI is InChI=1S/C22H28N4O2S/c29-22-24-20(18-8-1-2-10-23-18)21(26(22)15-17-7-5-13-28-17)19-9-3-11-25(19)14-16-6-4-12-27-16/h1-3,8-11,16-17,20-21H,4-7,12-15H2,(H,24,29)/t16-,17-,20+,21+/m0/s1. The van der Waals surface area contributed by atoms with Crippen molar-refractivity contribution >= 4 is 17.3 Å². The molecule has 4 atom stereocenters. The lowest BCUT2D eigenvalue weighted by Crippen LogP contribution is -2.37. The van der Waals surface area contributed by atoms with E-state index in [9.17, 15) is 0 Å². The van der Waals surface area contributed by atoms with Crippen LogP contribution < -0.4 is 5.32 Å². The Labute approximate surface area is 177 Å². The van der Waals surface area contributed by atoms with Crippen LogP contribution in [0.15, 0.2) is 42.7 Å². The second-order valence-corrected chi connectivity index (χ2v) is 8.52. The maximum absolute atomic E-state index is 5.94. The smallest absolute Gasteiger partial charge is 0.170 e. The Bertz CT molecular complexity index is 830. The van der Waals surface area contributed by atoms with Gasteiger partial charge in [0.25, 0.3) is 0 Å². The lowest BCUT2D eigenvalue weighted by molar-refractivity contribution is 0.0809. The molecule has 154 valence electrons. The fourth-order valence-electron chi connectivity index (χ4n) is 4.80. The highest BCUT2D eigenvalue weighted by Gasteiger charge is 2.42. The van der Waals surface area contributed by atoms with Gasteiger partial charge < -0.3 is 24.3 Å². The summed E-state index contributed by atoms with van der Waals surface area (Å²) in [5.41, 5.74) is 2.26. The van der Waals surface area contributed by atoms with E-state index in [0.717, 1.165) is 62.8 Å². The molecule has 0 aromatic carbocycles. The molecular weight excluding hydrogens is 384 g/mol. The number of pyridine rings is 1. The fourth-order valence-corrected chi connectivity index (χ4v) is 5.12. The minimum absolute atomic E-state index is 0.0169. The summed E-state index contributed by atoms with van der Waals surface area (Å²) >= 11 is 5.79. The van der Waals surface area contributed by atoms with Gasteiger partial charge in [0, 0.05) is 44.4 Å². The average molecular weight is 413 g/mol. The van der Waals surface area contributed by atoms with E-state index in [1.54, 1.807) is 0 Å². The Hall–Kier alpha value is -1.96. The number of hydrogen-bond acceptors (Lipinski definition) is 4. The summed E-state index contributed by atoms with van der Waals surface area (Å²) in [4.78, 5) is 6.95. The van der Waals surface area contributed by atoms with Gasteiger partial charge in [0.05, 0.1) is 30.0 Å². The third-order valence-corrected chi connectivity index (χ3v) is 6.57. The molecule has 0 spiro atoms. The molecule has 3 fully saturated rings. The maximum atomic E-state index is 5.94. The van der Waals surface area contributed by atoms with Crippen LogP contribution in [0.1, 0.15) is 49.2 Å². The van der Waals surface area contributed by atoms with Crippen LogP contribution in [0, 0.1) is 0 Å². The number of nitrogens with one attached hydrogen (secondary N) is 1. The molecule has 0 saturated carbocycles. The van der Waals surface area contributed by atoms with Crippen LogP contribution in [0.4, 0.5) is 0 Å². The molecule has 0 amide bonds. The van der Waals surface area contributed by atoms with E-state index in [-0.39, 0.29) is 18.2 Å². The number of thiocarbonyl (C=S) groups is 1. The monoisotopic (exact) mass is 412 g/mol. The first-order valence-electron chi connectivity index (χ1n) is 10.7. The van der Waals surface area contributed by atoms with Gasteiger partial charge in [-0.15, -0.1) is 0 Å². The molecule has 0 bridgehead atoms. The summed E-state index contributed by atoms with van der Waals surface area (Å²) in [6, 6.07) is 10.5. The van der Waals surface area contributed by atoms with Crippen LogP contribution >= 0.6 is 12.2 Å². The van der Waals surface area contributed by atoms with Gasteiger partial charge in [-0.1, -0.05) is 6.07 Å². The van der Waals surface area contributed by atoms with E-state index >= 15 is 0 Å². The number of ether oxygens (including phenoxy) is 2. The summed E-state index contributed by atoms with van der Waals surface area (Å²) in [5.74, 6) is 0. The molecule has 2 aromatic heterocycles. The summed E-state index contributed by atoms with van der Waals surface area (Å²) in [6.07, 6.45) is 9.05. The van der Waals surface area contributed by atoms with Crippen molar-refractivity contribution in [3.63, 3.8) is 0 Å². The second kappa shape index (κ2) is 8.42. The van der Waals surface area contributed by atoms with Gasteiger partial charge >= 0.3 is 0 Å². The van der Waals surface area contributed by atoms with Crippen LogP contribution in [-0.2, 0) is 16.0 Å². The first kappa shape index (κ1) is 19.0. The SMILES string of the molecule is S=C1N[C@H](c2ccccn2)[C@@H](c2cccn2C[C@@H]2CCCO2)N1C[C@@H]1CCCO1. The van der Waals surface area contributed by atoms with Gasteiger partial charge in [0.15, 0.2) is 5.11 Å². The van der Waals surface area contributed by atoms with E-state index in [2.05, 4.69) is 44.2 Å². The molecule has 0 unspecified atom stereocenters. The topological polar surface area (TPSA) is 51.5 Å². The molecule has 7 heteroatoms. The van der Waals surface area contributed by atoms with Crippen LogP contribution in [-0.4, -0.2) is 51.5 Å². The summed E-state index contributed by atoms with van der Waals surface area (Å²) in [6.45, 7) is 3.42. The molecule has 1 N–H and O–H groups in total. The van der Waals surface area contributed by atoms with Crippen molar-refractivity contribution in [2.75, 3.05) is 19.8 Å². The highest BCUT2D eigenvalue weighted by Crippen LogP contribution is 2.39. The normalized spacial score (nSPS) is 29.5. The quantitative estimate of drug-likeness (QED) is 0.736. The first-order chi connectivity index (χ1) is 14.3. The third-order valence-electron chi connectivity index (χ3n) is 6.21. The number of rotatable bonds is 6. The Morgan fingerprint density at radius 3 is 2.52 bits per heavy atom. The van der Waals surface area contributed by atoms with E-state index in [4.69, 9.17) is 21.7 Å². The van der Waals surface area contributed by atoms with Crippen LogP contribution in [0.3, 0.4) is 0 Å². The highest BCUT2D eigenvalue weighted by atomic mass is 32.1. The number of hydrogen-bond donors (Lipinski definition) is 1. The van der Waals surface area contributed by atoms with Crippen molar-refractivity contribution in [3.05, 3.63) is 54.1 Å². The van der Waals surface area contributed by atoms with Gasteiger partial charge in [-0.05, 0) is 62.2 Å². The molecule has 0 radical (unpaired) electrons. The molecule has 6 nitrogen and oxygen atoms in total. The molecule has 29 heavy (non-hydrogen) atoms. The molecule has 3 aliphatic rings. The molecule has 5 rings (SSSR count). The largest absolute Gasteiger partial charge is 0.376 e. The first-order valence-corrected chi connectivity index (χ1v) is 11.1. The van der Waals surface area contributed by atoms with E-state index in [1.807, 2.05) is 18.3 Å². The van der Waals surface area contributed by atoms with Gasteiger partial charge in [0.2, 0.25) is 0 Å². The van der Waals surface area contributed by atoms with Crippen molar-refractivity contribution in [3.8, 4) is 0 Å². The van der Waals surface area contributed by atoms with Gasteiger partial charge in [-0.25, -0.2) is 0 Å². The van der Waals surface area contributed by atoms with E-state index in [1.165, 1.54) is 5.69 Å². The predicted octanol–water partition coefficient (Wildman–Crippen LogP) is 3.21. The fraction of sp³-hybridized carbons (Fsp3) is 0.545. The van der Waals surface area contributed by atoms with Gasteiger partial charge in [0.1, 0.15) is 0 Å². The Morgan fingerprint density at radius 2 is 1.83 bits per heavy atom. The zero-order valence-corrected chi connectivity index (χ0v) is 17.4. The number of nitrogens with zero attached hydrogens (tertiary/aromatic N) is 3. The van der Waals surface area contributed by atoms with Gasteiger partial charge in [-0.2, -0.15) is 0 Å². The van der Waals surface area contributed by atoms with Crippen molar-refractivity contribution in [1.82, 2.24) is 19.8 Å². The molecular formula is C22H28N4O2S. The second-order valence-electron chi connectivity index (χ2n) is 8.13. The minimum atomic E-state index is 0.0169. The Kier molecular flexibility index (Phi) is 5.52. The van der Waals surface area contributed by atoms with Gasteiger partial charge in [-0.3, -0.25) is 4.98 Å². The maximum Gasteiger partial charge on any atom is 0.170 e. The van der Waals surface area contributed by atoms with Crippen molar-refractivity contribution < 1.29 is 9.47 Å². The summed E-state index contributed by atoms with van der Waals surface area (Å²) in [5, 5.41) is 4.33. The van der Waals surface area contributed by atoms with E-state index < -0.39 is 0 Å². The molecule has 3 aliphatic heterocycles. The Morgan fingerprint density at radius 1 is 1.03 bits per heavy atom. The van der Waals surface area contributed by atoms with Crippen LogP contribution in [0.5, 0.6) is 0 Å². The molecule has 3 saturated heterocycles. The van der Waals surface area contributed by atoms with E-state index in [0.29, 0.717) is 6.10 Å². The highest BCUT2D eigenvalue weighted by molar-refractivity contribution is 7.80. The van der Waals surface area contributed by atoms with Crippen LogP contribution in [0.25, 0.3) is 0 Å². The summed E-state index contributed by atoms with van der Waals surface area (Å²) < 4.78 is 14.2. The summed E-state index contributed by atoms with van der Waals surface area (Å²) in [7, 11) is 0. The van der Waals surface area contributed by atoms with Crippen LogP contribution in [0.2, 0.25) is 0 Å². The predicted molar refractivity (Wildman–Crippen MR) is 115 cm³/mol. The lowest BCUT2D eigenvalue weighted by atomic mass is 10.0. The zero-order chi connectivity index (χ0) is 19.6. The Balaban J connectivity index is 1.47. The van der Waals surface area contributed by atoms with Crippen molar-refractivity contribution in [2.45, 2.75) is 56.5 Å². The lowest BCUT2D eigenvalue weighted by Gasteiger charge is -2.31. The zero-order valence-electron chi connectivity index (χ0n) is 16.6. The molecule has 0 aliphatic carbocycles. The average Bonchev–Trinajstić information content (AvgIpc) is 3.53. The van der Waals surface area contributed by atoms with Crippen molar-refractivity contribution in [1.29, 1.82) is 0 Å².